The molecule has 0 fully saturated rings. The Morgan fingerprint density at radius 3 is 3.08 bits per heavy atom. The molecule has 0 N–H and O–H groups in total. The van der Waals surface area contributed by atoms with E-state index in [1.54, 1.807) is 12.1 Å². The Morgan fingerprint density at radius 1 is 1.33 bits per heavy atom. The smallest absolute Gasteiger partial charge is 0.422 e. The van der Waals surface area contributed by atoms with Gasteiger partial charge in [0.15, 0.2) is 6.20 Å². The van der Waals surface area contributed by atoms with Gasteiger partial charge in [-0.3, -0.25) is 0 Å². The molecular formula is C8H9NO3. The molecule has 2 rings (SSSR count). The molecule has 0 bridgehead atoms. The van der Waals surface area contributed by atoms with E-state index < -0.39 is 0 Å². The van der Waals surface area contributed by atoms with Crippen molar-refractivity contribution in [3.05, 3.63) is 23.5 Å². The van der Waals surface area contributed by atoms with Gasteiger partial charge in [0.25, 0.3) is 0 Å². The maximum absolute atomic E-state index is 11.1. The Hall–Kier alpha value is -1.45. The number of nitrogens with zero attached hydrogens (tertiary/aromatic N) is 1. The van der Waals surface area contributed by atoms with Crippen LogP contribution in [0.2, 0.25) is 0 Å². The van der Waals surface area contributed by atoms with Crippen LogP contribution in [0.4, 0.5) is 0 Å². The molecule has 0 unspecified atom stereocenters. The van der Waals surface area contributed by atoms with Crippen LogP contribution in [-0.2, 0) is 0 Å². The van der Waals surface area contributed by atoms with Crippen molar-refractivity contribution >= 4 is 0 Å². The van der Waals surface area contributed by atoms with Crippen LogP contribution in [-0.4, -0.2) is 13.2 Å². The molecular weight excluding hydrogens is 158 g/mol. The summed E-state index contributed by atoms with van der Waals surface area (Å²) in [6.07, 6.45) is 2.21. The summed E-state index contributed by atoms with van der Waals surface area (Å²) in [6.45, 7) is 1.15. The molecule has 12 heavy (non-hydrogen) atoms. The van der Waals surface area contributed by atoms with Crippen molar-refractivity contribution < 1.29 is 14.2 Å². The van der Waals surface area contributed by atoms with Crippen LogP contribution in [0, 0.1) is 5.21 Å². The van der Waals surface area contributed by atoms with Gasteiger partial charge in [-0.05, 0) is 6.07 Å². The fourth-order valence-corrected chi connectivity index (χ4v) is 1.11. The molecule has 4 nitrogen and oxygen atoms in total. The Morgan fingerprint density at radius 2 is 2.17 bits per heavy atom. The minimum Gasteiger partial charge on any atom is -0.616 e. The fraction of sp³-hybridized carbons (Fsp3) is 0.375. The Balaban J connectivity index is 2.42. The van der Waals surface area contributed by atoms with E-state index in [9.17, 15) is 5.21 Å². The molecule has 1 aliphatic rings. The summed E-state index contributed by atoms with van der Waals surface area (Å²) in [5.41, 5.74) is 0. The molecule has 64 valence electrons. The normalized spacial score (nSPS) is 15.3. The van der Waals surface area contributed by atoms with Gasteiger partial charge >= 0.3 is 5.88 Å². The van der Waals surface area contributed by atoms with Gasteiger partial charge in [-0.1, -0.05) is 0 Å². The second-order valence-electron chi connectivity index (χ2n) is 2.55. The highest BCUT2D eigenvalue weighted by atomic mass is 16.6. The highest BCUT2D eigenvalue weighted by Crippen LogP contribution is 2.23. The van der Waals surface area contributed by atoms with E-state index in [0.717, 1.165) is 6.42 Å². The summed E-state index contributed by atoms with van der Waals surface area (Å²) >= 11 is 0. The first-order valence-electron chi connectivity index (χ1n) is 3.86. The SMILES string of the molecule is [O-][n+]1cccc2c1OCCCO2. The molecule has 0 aromatic carbocycles. The van der Waals surface area contributed by atoms with E-state index in [4.69, 9.17) is 9.47 Å². The number of fused-ring (bicyclic) bond motifs is 1. The summed E-state index contributed by atoms with van der Waals surface area (Å²) in [6, 6.07) is 3.37. The van der Waals surface area contributed by atoms with E-state index in [2.05, 4.69) is 0 Å². The van der Waals surface area contributed by atoms with Crippen LogP contribution in [0.15, 0.2) is 18.3 Å². The van der Waals surface area contributed by atoms with Crippen LogP contribution in [0.25, 0.3) is 0 Å². The van der Waals surface area contributed by atoms with Crippen molar-refractivity contribution in [1.82, 2.24) is 0 Å². The number of hydrogen-bond acceptors (Lipinski definition) is 3. The maximum Gasteiger partial charge on any atom is 0.422 e. The van der Waals surface area contributed by atoms with Crippen molar-refractivity contribution in [3.8, 4) is 11.6 Å². The summed E-state index contributed by atoms with van der Waals surface area (Å²) in [4.78, 5) is 0. The second kappa shape index (κ2) is 2.89. The highest BCUT2D eigenvalue weighted by molar-refractivity contribution is 5.29. The lowest BCUT2D eigenvalue weighted by Gasteiger charge is -2.05. The van der Waals surface area contributed by atoms with Gasteiger partial charge in [0.2, 0.25) is 5.75 Å². The number of pyridine rings is 1. The first kappa shape index (κ1) is 7.21. The fourth-order valence-electron chi connectivity index (χ4n) is 1.11. The molecule has 0 atom stereocenters. The first-order valence-corrected chi connectivity index (χ1v) is 3.86. The molecule has 0 amide bonds. The average molecular weight is 167 g/mol. The first-order chi connectivity index (χ1) is 5.88. The minimum absolute atomic E-state index is 0.273. The summed E-state index contributed by atoms with van der Waals surface area (Å²) < 4.78 is 11.2. The van der Waals surface area contributed by atoms with Crippen LogP contribution >= 0.6 is 0 Å². The lowest BCUT2D eigenvalue weighted by molar-refractivity contribution is -0.613. The van der Waals surface area contributed by atoms with E-state index >= 15 is 0 Å². The van der Waals surface area contributed by atoms with E-state index in [1.165, 1.54) is 6.20 Å². The monoisotopic (exact) mass is 167 g/mol. The molecule has 0 saturated heterocycles. The molecule has 1 aromatic rings. The van der Waals surface area contributed by atoms with Gasteiger partial charge in [-0.2, -0.15) is 0 Å². The van der Waals surface area contributed by atoms with E-state index in [0.29, 0.717) is 23.7 Å². The van der Waals surface area contributed by atoms with Gasteiger partial charge in [-0.25, -0.2) is 0 Å². The Bertz CT molecular complexity index is 288. The van der Waals surface area contributed by atoms with Crippen LogP contribution in [0.3, 0.4) is 0 Å². The topological polar surface area (TPSA) is 45.4 Å². The Kier molecular flexibility index (Phi) is 1.74. The number of ether oxygens (including phenoxy) is 2. The molecule has 2 heterocycles. The number of rotatable bonds is 0. The average Bonchev–Trinajstić information content (AvgIpc) is 2.30. The van der Waals surface area contributed by atoms with Crippen LogP contribution in [0.5, 0.6) is 11.6 Å². The van der Waals surface area contributed by atoms with Gasteiger partial charge in [-0.15, -0.1) is 4.73 Å². The predicted octanol–water partition coefficient (Wildman–Crippen LogP) is 0.481. The zero-order chi connectivity index (χ0) is 8.39. The highest BCUT2D eigenvalue weighted by Gasteiger charge is 2.17. The number of hydrogen-bond donors (Lipinski definition) is 0. The molecule has 4 heteroatoms. The van der Waals surface area contributed by atoms with Crippen molar-refractivity contribution in [3.63, 3.8) is 0 Å². The van der Waals surface area contributed by atoms with Gasteiger partial charge in [0.05, 0.1) is 13.2 Å². The Labute approximate surface area is 69.9 Å². The molecule has 0 aliphatic carbocycles. The maximum atomic E-state index is 11.1. The summed E-state index contributed by atoms with van der Waals surface area (Å²) in [5.74, 6) is 0.806. The van der Waals surface area contributed by atoms with E-state index in [1.807, 2.05) is 0 Å². The van der Waals surface area contributed by atoms with E-state index in [-0.39, 0.29) is 5.88 Å². The molecule has 0 spiro atoms. The summed E-state index contributed by atoms with van der Waals surface area (Å²) in [7, 11) is 0. The van der Waals surface area contributed by atoms with Crippen molar-refractivity contribution in [2.75, 3.05) is 13.2 Å². The van der Waals surface area contributed by atoms with Crippen LogP contribution < -0.4 is 14.2 Å². The quantitative estimate of drug-likeness (QED) is 0.417. The zero-order valence-corrected chi connectivity index (χ0v) is 6.53. The zero-order valence-electron chi connectivity index (χ0n) is 6.53. The van der Waals surface area contributed by atoms with Gasteiger partial charge in [0.1, 0.15) is 0 Å². The molecule has 0 radical (unpaired) electrons. The van der Waals surface area contributed by atoms with Crippen LogP contribution in [0.1, 0.15) is 6.42 Å². The third-order valence-corrected chi connectivity index (χ3v) is 1.67. The molecule has 0 saturated carbocycles. The molecule has 1 aliphatic heterocycles. The predicted molar refractivity (Wildman–Crippen MR) is 41.0 cm³/mol. The largest absolute Gasteiger partial charge is 0.616 e. The third-order valence-electron chi connectivity index (χ3n) is 1.67. The summed E-state index contributed by atoms with van der Waals surface area (Å²) in [5, 5.41) is 11.1. The lowest BCUT2D eigenvalue weighted by Crippen LogP contribution is -2.28. The molecule has 1 aromatic heterocycles. The van der Waals surface area contributed by atoms with Gasteiger partial charge in [0, 0.05) is 12.5 Å². The minimum atomic E-state index is 0.273. The number of aromatic nitrogens is 1. The second-order valence-corrected chi connectivity index (χ2v) is 2.55. The third kappa shape index (κ3) is 1.15. The van der Waals surface area contributed by atoms with Crippen molar-refractivity contribution in [2.24, 2.45) is 0 Å². The van der Waals surface area contributed by atoms with Gasteiger partial charge < -0.3 is 14.7 Å². The van der Waals surface area contributed by atoms with Crippen molar-refractivity contribution in [2.45, 2.75) is 6.42 Å². The lowest BCUT2D eigenvalue weighted by atomic mass is 10.4. The standard InChI is InChI=1S/C8H9NO3/c10-9-4-1-3-7-8(9)12-6-2-5-11-7/h1,3-4H,2,5-6H2. The van der Waals surface area contributed by atoms with Crippen molar-refractivity contribution in [1.29, 1.82) is 0 Å².